The van der Waals surface area contributed by atoms with Crippen LogP contribution in [0.3, 0.4) is 0 Å². The van der Waals surface area contributed by atoms with E-state index >= 15 is 0 Å². The molecule has 0 aliphatic heterocycles. The zero-order valence-corrected chi connectivity index (χ0v) is 12.9. The molecule has 0 saturated heterocycles. The zero-order chi connectivity index (χ0) is 15.6. The molecule has 1 aromatic heterocycles. The van der Waals surface area contributed by atoms with Crippen LogP contribution in [0.4, 0.5) is 5.69 Å². The van der Waals surface area contributed by atoms with Gasteiger partial charge in [-0.1, -0.05) is 0 Å². The molecule has 0 fully saturated rings. The van der Waals surface area contributed by atoms with Crippen LogP contribution < -0.4 is 10.1 Å². The molecule has 110 valence electrons. The van der Waals surface area contributed by atoms with Gasteiger partial charge in [0.2, 0.25) is 0 Å². The Hall–Kier alpha value is -2.28. The van der Waals surface area contributed by atoms with Crippen LogP contribution in [0, 0.1) is 6.92 Å². The number of aromatic amines is 1. The van der Waals surface area contributed by atoms with Crippen molar-refractivity contribution < 1.29 is 19.4 Å². The smallest absolute Gasteiger partial charge is 0.354 e. The number of halogens is 1. The Balaban J connectivity index is 2.26. The summed E-state index contributed by atoms with van der Waals surface area (Å²) >= 11 is 3.30. The van der Waals surface area contributed by atoms with Gasteiger partial charge >= 0.3 is 5.97 Å². The van der Waals surface area contributed by atoms with Crippen LogP contribution in [-0.2, 0) is 0 Å². The maximum absolute atomic E-state index is 12.2. The van der Waals surface area contributed by atoms with Crippen LogP contribution in [0.1, 0.15) is 26.5 Å². The number of hydrogen-bond donors (Lipinski definition) is 3. The van der Waals surface area contributed by atoms with Crippen molar-refractivity contribution in [3.63, 3.8) is 0 Å². The minimum absolute atomic E-state index is 0.0478. The molecule has 0 radical (unpaired) electrons. The normalized spacial score (nSPS) is 10.2. The summed E-state index contributed by atoms with van der Waals surface area (Å²) in [5.74, 6) is -0.926. The lowest BCUT2D eigenvalue weighted by Crippen LogP contribution is -2.14. The standard InChI is InChI=1S/C14H13BrN2O4/c1-7-5-10(12(16-7)14(19)20)17-13(18)8-3-4-11(21-2)9(15)6-8/h3-6,16H,1-2H3,(H,17,18)(H,19,20). The summed E-state index contributed by atoms with van der Waals surface area (Å²) in [6.45, 7) is 1.71. The monoisotopic (exact) mass is 352 g/mol. The van der Waals surface area contributed by atoms with Crippen molar-refractivity contribution in [2.75, 3.05) is 12.4 Å². The van der Waals surface area contributed by atoms with Gasteiger partial charge in [-0.15, -0.1) is 0 Å². The fourth-order valence-corrected chi connectivity index (χ4v) is 2.40. The molecule has 0 aliphatic carbocycles. The highest BCUT2D eigenvalue weighted by atomic mass is 79.9. The van der Waals surface area contributed by atoms with Gasteiger partial charge < -0.3 is 20.1 Å². The average Bonchev–Trinajstić information content (AvgIpc) is 2.79. The first-order valence-corrected chi connectivity index (χ1v) is 6.79. The van der Waals surface area contributed by atoms with E-state index in [1.807, 2.05) is 0 Å². The lowest BCUT2D eigenvalue weighted by molar-refractivity contribution is 0.0692. The van der Waals surface area contributed by atoms with Crippen molar-refractivity contribution in [1.29, 1.82) is 0 Å². The number of H-pyrrole nitrogens is 1. The van der Waals surface area contributed by atoms with Crippen LogP contribution in [0.25, 0.3) is 0 Å². The molecule has 1 aromatic carbocycles. The summed E-state index contributed by atoms with van der Waals surface area (Å²) in [5.41, 5.74) is 1.22. The number of aryl methyl sites for hydroxylation is 1. The van der Waals surface area contributed by atoms with Gasteiger partial charge in [-0.2, -0.15) is 0 Å². The number of hydrogen-bond acceptors (Lipinski definition) is 3. The van der Waals surface area contributed by atoms with E-state index in [-0.39, 0.29) is 11.4 Å². The number of carbonyl (C=O) groups excluding carboxylic acids is 1. The van der Waals surface area contributed by atoms with Gasteiger partial charge in [0, 0.05) is 11.3 Å². The second kappa shape index (κ2) is 6.01. The van der Waals surface area contributed by atoms with Crippen molar-refractivity contribution in [2.24, 2.45) is 0 Å². The Bertz CT molecular complexity index is 709. The number of methoxy groups -OCH3 is 1. The van der Waals surface area contributed by atoms with Gasteiger partial charge in [-0.3, -0.25) is 4.79 Å². The first-order valence-electron chi connectivity index (χ1n) is 6.00. The second-order valence-corrected chi connectivity index (χ2v) is 5.20. The van der Waals surface area contributed by atoms with Gasteiger partial charge in [-0.25, -0.2) is 4.79 Å². The molecule has 7 heteroatoms. The van der Waals surface area contributed by atoms with Crippen LogP contribution in [0.2, 0.25) is 0 Å². The number of carboxylic acid groups (broad SMARTS) is 1. The van der Waals surface area contributed by atoms with Gasteiger partial charge in [0.25, 0.3) is 5.91 Å². The van der Waals surface area contributed by atoms with Crippen LogP contribution in [-0.4, -0.2) is 29.1 Å². The number of ether oxygens (including phenoxy) is 1. The number of benzene rings is 1. The SMILES string of the molecule is COc1ccc(C(=O)Nc2cc(C)[nH]c2C(=O)O)cc1Br. The van der Waals surface area contributed by atoms with Crippen LogP contribution in [0.15, 0.2) is 28.7 Å². The van der Waals surface area contributed by atoms with E-state index in [4.69, 9.17) is 9.84 Å². The van der Waals surface area contributed by atoms with Crippen molar-refractivity contribution in [3.05, 3.63) is 45.7 Å². The van der Waals surface area contributed by atoms with Crippen LogP contribution in [0.5, 0.6) is 5.75 Å². The number of carbonyl (C=O) groups is 2. The highest BCUT2D eigenvalue weighted by Gasteiger charge is 2.16. The van der Waals surface area contributed by atoms with Gasteiger partial charge in [0.15, 0.2) is 0 Å². The molecule has 0 unspecified atom stereocenters. The molecule has 3 N–H and O–H groups in total. The topological polar surface area (TPSA) is 91.4 Å². The molecule has 2 aromatic rings. The van der Waals surface area contributed by atoms with E-state index in [2.05, 4.69) is 26.2 Å². The molecule has 6 nitrogen and oxygen atoms in total. The predicted molar refractivity (Wildman–Crippen MR) is 81.1 cm³/mol. The lowest BCUT2D eigenvalue weighted by atomic mass is 10.2. The van der Waals surface area contributed by atoms with Crippen LogP contribution >= 0.6 is 15.9 Å². The van der Waals surface area contributed by atoms with Gasteiger partial charge in [0.05, 0.1) is 17.3 Å². The molecule has 0 saturated carbocycles. The van der Waals surface area contributed by atoms with Crippen molar-refractivity contribution in [3.8, 4) is 5.75 Å². The summed E-state index contributed by atoms with van der Waals surface area (Å²) in [4.78, 5) is 25.9. The van der Waals surface area contributed by atoms with E-state index in [9.17, 15) is 9.59 Å². The van der Waals surface area contributed by atoms with Gasteiger partial charge in [0.1, 0.15) is 11.4 Å². The third-order valence-corrected chi connectivity index (χ3v) is 3.45. The van der Waals surface area contributed by atoms with Crippen molar-refractivity contribution in [1.82, 2.24) is 4.98 Å². The maximum atomic E-state index is 12.2. The van der Waals surface area contributed by atoms with E-state index in [0.717, 1.165) is 0 Å². The summed E-state index contributed by atoms with van der Waals surface area (Å²) in [6, 6.07) is 6.42. The quantitative estimate of drug-likeness (QED) is 0.788. The number of carboxylic acids is 1. The maximum Gasteiger partial charge on any atom is 0.354 e. The highest BCUT2D eigenvalue weighted by Crippen LogP contribution is 2.26. The molecule has 1 amide bonds. The fourth-order valence-electron chi connectivity index (χ4n) is 1.86. The summed E-state index contributed by atoms with van der Waals surface area (Å²) in [6.07, 6.45) is 0. The molecule has 21 heavy (non-hydrogen) atoms. The number of aromatic nitrogens is 1. The highest BCUT2D eigenvalue weighted by molar-refractivity contribution is 9.10. The summed E-state index contributed by atoms with van der Waals surface area (Å²) in [7, 11) is 1.53. The third kappa shape index (κ3) is 3.25. The van der Waals surface area contributed by atoms with E-state index in [1.54, 1.807) is 31.2 Å². The van der Waals surface area contributed by atoms with E-state index in [0.29, 0.717) is 21.5 Å². The Kier molecular flexibility index (Phi) is 4.32. The summed E-state index contributed by atoms with van der Waals surface area (Å²) in [5, 5.41) is 11.6. The zero-order valence-electron chi connectivity index (χ0n) is 11.4. The Morgan fingerprint density at radius 1 is 1.33 bits per heavy atom. The van der Waals surface area contributed by atoms with Crippen molar-refractivity contribution >= 4 is 33.5 Å². The number of aromatic carboxylic acids is 1. The van der Waals surface area contributed by atoms with Gasteiger partial charge in [-0.05, 0) is 47.1 Å². The number of nitrogens with one attached hydrogen (secondary N) is 2. The third-order valence-electron chi connectivity index (χ3n) is 2.83. The fraction of sp³-hybridized carbons (Fsp3) is 0.143. The molecule has 1 heterocycles. The Morgan fingerprint density at radius 2 is 2.05 bits per heavy atom. The van der Waals surface area contributed by atoms with E-state index in [1.165, 1.54) is 7.11 Å². The largest absolute Gasteiger partial charge is 0.496 e. The number of rotatable bonds is 4. The Morgan fingerprint density at radius 3 is 2.62 bits per heavy atom. The molecule has 0 bridgehead atoms. The van der Waals surface area contributed by atoms with E-state index < -0.39 is 11.9 Å². The summed E-state index contributed by atoms with van der Waals surface area (Å²) < 4.78 is 5.73. The minimum Gasteiger partial charge on any atom is -0.496 e. The average molecular weight is 353 g/mol. The minimum atomic E-state index is -1.13. The number of anilines is 1. The Labute approximate surface area is 129 Å². The second-order valence-electron chi connectivity index (χ2n) is 4.35. The molecule has 0 atom stereocenters. The molecule has 0 spiro atoms. The lowest BCUT2D eigenvalue weighted by Gasteiger charge is -2.07. The molecular formula is C14H13BrN2O4. The van der Waals surface area contributed by atoms with Crippen molar-refractivity contribution in [2.45, 2.75) is 6.92 Å². The first-order chi connectivity index (χ1) is 9.92. The molecular weight excluding hydrogens is 340 g/mol. The molecule has 2 rings (SSSR count). The number of amides is 1. The first kappa shape index (κ1) is 15.1. The predicted octanol–water partition coefficient (Wildman–Crippen LogP) is 3.04. The molecule has 0 aliphatic rings.